The number of methoxy groups -OCH3 is 2. The van der Waals surface area contributed by atoms with Gasteiger partial charge in [0.05, 0.1) is 26.4 Å². The van der Waals surface area contributed by atoms with Gasteiger partial charge in [-0.2, -0.15) is 0 Å². The molecule has 0 bridgehead atoms. The fourth-order valence-corrected chi connectivity index (χ4v) is 2.83. The Labute approximate surface area is 150 Å². The van der Waals surface area contributed by atoms with Crippen molar-refractivity contribution in [2.45, 2.75) is 32.5 Å². The van der Waals surface area contributed by atoms with Gasteiger partial charge in [0.1, 0.15) is 11.5 Å². The van der Waals surface area contributed by atoms with Crippen LogP contribution in [0.5, 0.6) is 11.5 Å². The summed E-state index contributed by atoms with van der Waals surface area (Å²) in [6.07, 6.45) is 0.685. The van der Waals surface area contributed by atoms with Crippen LogP contribution < -0.4 is 9.47 Å². The number of ether oxygens (including phenoxy) is 4. The molecule has 0 radical (unpaired) electrons. The fraction of sp³-hybridized carbons (Fsp3) is 0.429. The van der Waals surface area contributed by atoms with Crippen LogP contribution in [0, 0.1) is 0 Å². The molecule has 2 aromatic carbocycles. The number of rotatable bonds is 10. The normalized spacial score (nSPS) is 13.3. The molecule has 0 fully saturated rings. The maximum absolute atomic E-state index is 6.00. The molecule has 0 aliphatic carbocycles. The third kappa shape index (κ3) is 5.48. The molecule has 2 rings (SSSR count). The first-order valence-electron chi connectivity index (χ1n) is 8.72. The molecule has 0 aliphatic heterocycles. The first-order valence-corrected chi connectivity index (χ1v) is 8.72. The van der Waals surface area contributed by atoms with E-state index >= 15 is 0 Å². The molecule has 0 amide bonds. The van der Waals surface area contributed by atoms with Crippen molar-refractivity contribution in [3.05, 3.63) is 59.7 Å². The predicted octanol–water partition coefficient (Wildman–Crippen LogP) is 4.95. The van der Waals surface area contributed by atoms with Gasteiger partial charge in [-0.05, 0) is 49.2 Å². The van der Waals surface area contributed by atoms with Crippen LogP contribution in [0.2, 0.25) is 0 Å². The SMILES string of the molecule is CCO[C@H](C[C@@H](OCC)c1ccc(OC)cc1)c1ccc(OC)cc1. The van der Waals surface area contributed by atoms with Crippen molar-refractivity contribution in [1.82, 2.24) is 0 Å². The van der Waals surface area contributed by atoms with Gasteiger partial charge in [-0.15, -0.1) is 0 Å². The second-order valence-corrected chi connectivity index (χ2v) is 5.67. The van der Waals surface area contributed by atoms with Crippen molar-refractivity contribution >= 4 is 0 Å². The Morgan fingerprint density at radius 2 is 1.00 bits per heavy atom. The Hall–Kier alpha value is -2.04. The molecule has 0 unspecified atom stereocenters. The monoisotopic (exact) mass is 344 g/mol. The van der Waals surface area contributed by atoms with Gasteiger partial charge in [0, 0.05) is 19.6 Å². The predicted molar refractivity (Wildman–Crippen MR) is 99.3 cm³/mol. The molecule has 0 aliphatic rings. The van der Waals surface area contributed by atoms with E-state index in [0.717, 1.165) is 29.0 Å². The summed E-state index contributed by atoms with van der Waals surface area (Å²) < 4.78 is 22.5. The lowest BCUT2D eigenvalue weighted by molar-refractivity contribution is -0.0126. The summed E-state index contributed by atoms with van der Waals surface area (Å²) in [6.45, 7) is 5.33. The van der Waals surface area contributed by atoms with E-state index in [-0.39, 0.29) is 12.2 Å². The van der Waals surface area contributed by atoms with Crippen LogP contribution in [0.4, 0.5) is 0 Å². The van der Waals surface area contributed by atoms with Gasteiger partial charge in [-0.1, -0.05) is 24.3 Å². The quantitative estimate of drug-likeness (QED) is 0.611. The van der Waals surface area contributed by atoms with Crippen molar-refractivity contribution in [2.75, 3.05) is 27.4 Å². The lowest BCUT2D eigenvalue weighted by Gasteiger charge is -2.24. The highest BCUT2D eigenvalue weighted by molar-refractivity contribution is 5.31. The van der Waals surface area contributed by atoms with Crippen molar-refractivity contribution in [1.29, 1.82) is 0 Å². The van der Waals surface area contributed by atoms with E-state index in [9.17, 15) is 0 Å². The van der Waals surface area contributed by atoms with Gasteiger partial charge in [-0.25, -0.2) is 0 Å². The zero-order valence-corrected chi connectivity index (χ0v) is 15.5. The van der Waals surface area contributed by atoms with Crippen LogP contribution in [0.25, 0.3) is 0 Å². The molecule has 136 valence electrons. The first kappa shape index (κ1) is 19.3. The van der Waals surface area contributed by atoms with Crippen LogP contribution >= 0.6 is 0 Å². The van der Waals surface area contributed by atoms with Gasteiger partial charge in [0.25, 0.3) is 0 Å². The summed E-state index contributed by atoms with van der Waals surface area (Å²) in [7, 11) is 3.34. The van der Waals surface area contributed by atoms with Crippen LogP contribution in [0.15, 0.2) is 48.5 Å². The van der Waals surface area contributed by atoms with E-state index in [1.54, 1.807) is 14.2 Å². The minimum absolute atomic E-state index is 0.0328. The standard InChI is InChI=1S/C21H28O4/c1-5-24-20(16-7-11-18(22-3)12-8-16)15-21(25-6-2)17-9-13-19(23-4)14-10-17/h7-14,20-21H,5-6,15H2,1-4H3/t20-,21-/m1/s1. The van der Waals surface area contributed by atoms with E-state index in [0.29, 0.717) is 13.2 Å². The zero-order chi connectivity index (χ0) is 18.1. The fourth-order valence-electron chi connectivity index (χ4n) is 2.83. The minimum Gasteiger partial charge on any atom is -0.497 e. The topological polar surface area (TPSA) is 36.9 Å². The average Bonchev–Trinajstić information content (AvgIpc) is 2.67. The molecule has 4 heteroatoms. The highest BCUT2D eigenvalue weighted by atomic mass is 16.5. The summed E-state index contributed by atoms with van der Waals surface area (Å²) in [5.41, 5.74) is 2.25. The van der Waals surface area contributed by atoms with Crippen molar-refractivity contribution in [2.24, 2.45) is 0 Å². The van der Waals surface area contributed by atoms with Crippen LogP contribution in [-0.4, -0.2) is 27.4 Å². The molecule has 4 nitrogen and oxygen atoms in total. The van der Waals surface area contributed by atoms with Crippen molar-refractivity contribution in [3.8, 4) is 11.5 Å². The van der Waals surface area contributed by atoms with Gasteiger partial charge < -0.3 is 18.9 Å². The smallest absolute Gasteiger partial charge is 0.118 e. The molecule has 0 aromatic heterocycles. The molecule has 0 N–H and O–H groups in total. The Kier molecular flexibility index (Phi) is 7.76. The van der Waals surface area contributed by atoms with Gasteiger partial charge in [0.2, 0.25) is 0 Å². The lowest BCUT2D eigenvalue weighted by Crippen LogP contribution is -2.13. The van der Waals surface area contributed by atoms with E-state index in [4.69, 9.17) is 18.9 Å². The average molecular weight is 344 g/mol. The van der Waals surface area contributed by atoms with Crippen molar-refractivity contribution < 1.29 is 18.9 Å². The number of hydrogen-bond acceptors (Lipinski definition) is 4. The van der Waals surface area contributed by atoms with E-state index in [1.165, 1.54) is 0 Å². The van der Waals surface area contributed by atoms with E-state index in [1.807, 2.05) is 38.1 Å². The summed E-state index contributed by atoms with van der Waals surface area (Å²) >= 11 is 0. The van der Waals surface area contributed by atoms with E-state index in [2.05, 4.69) is 24.3 Å². The third-order valence-electron chi connectivity index (χ3n) is 4.14. The highest BCUT2D eigenvalue weighted by Crippen LogP contribution is 2.33. The summed E-state index contributed by atoms with van der Waals surface area (Å²) in [5, 5.41) is 0. The van der Waals surface area contributed by atoms with Crippen LogP contribution in [-0.2, 0) is 9.47 Å². The Morgan fingerprint density at radius 1 is 0.640 bits per heavy atom. The zero-order valence-electron chi connectivity index (χ0n) is 15.5. The summed E-state index contributed by atoms with van der Waals surface area (Å²) in [6, 6.07) is 16.1. The lowest BCUT2D eigenvalue weighted by atomic mass is 9.98. The number of hydrogen-bond donors (Lipinski definition) is 0. The van der Waals surface area contributed by atoms with Gasteiger partial charge in [-0.3, -0.25) is 0 Å². The molecule has 0 heterocycles. The van der Waals surface area contributed by atoms with Gasteiger partial charge in [0.15, 0.2) is 0 Å². The third-order valence-corrected chi connectivity index (χ3v) is 4.14. The molecule has 2 atom stereocenters. The van der Waals surface area contributed by atoms with Crippen LogP contribution in [0.3, 0.4) is 0 Å². The molecule has 0 saturated heterocycles. The highest BCUT2D eigenvalue weighted by Gasteiger charge is 2.20. The Morgan fingerprint density at radius 3 is 1.28 bits per heavy atom. The molecule has 2 aromatic rings. The molecule has 25 heavy (non-hydrogen) atoms. The minimum atomic E-state index is -0.0328. The molecule has 0 saturated carbocycles. The largest absolute Gasteiger partial charge is 0.497 e. The maximum Gasteiger partial charge on any atom is 0.118 e. The van der Waals surface area contributed by atoms with Crippen molar-refractivity contribution in [3.63, 3.8) is 0 Å². The Bertz CT molecular complexity index is 551. The molecular weight excluding hydrogens is 316 g/mol. The first-order chi connectivity index (χ1) is 12.2. The molecular formula is C21H28O4. The van der Waals surface area contributed by atoms with Crippen LogP contribution in [0.1, 0.15) is 43.6 Å². The molecule has 0 spiro atoms. The second kappa shape index (κ2) is 10.1. The summed E-state index contributed by atoms with van der Waals surface area (Å²) in [5.74, 6) is 1.69. The van der Waals surface area contributed by atoms with E-state index < -0.39 is 0 Å². The summed E-state index contributed by atoms with van der Waals surface area (Å²) in [4.78, 5) is 0. The second-order valence-electron chi connectivity index (χ2n) is 5.67. The Balaban J connectivity index is 2.19. The maximum atomic E-state index is 6.00. The van der Waals surface area contributed by atoms with Gasteiger partial charge >= 0.3 is 0 Å². The number of benzene rings is 2.